The summed E-state index contributed by atoms with van der Waals surface area (Å²) in [7, 11) is 0. The van der Waals surface area contributed by atoms with Gasteiger partial charge >= 0.3 is 0 Å². The summed E-state index contributed by atoms with van der Waals surface area (Å²) in [5, 5.41) is 8.76. The normalized spacial score (nSPS) is 17.4. The van der Waals surface area contributed by atoms with Gasteiger partial charge in [-0.3, -0.25) is 0 Å². The minimum atomic E-state index is 0.399. The summed E-state index contributed by atoms with van der Waals surface area (Å²) in [5.74, 6) is 0. The molecular weight excluding hydrogens is 212 g/mol. The summed E-state index contributed by atoms with van der Waals surface area (Å²) in [4.78, 5) is 3.95. The van der Waals surface area contributed by atoms with E-state index in [1.165, 1.54) is 38.5 Å². The summed E-state index contributed by atoms with van der Waals surface area (Å²) in [6, 6.07) is 5.77. The van der Waals surface area contributed by atoms with Gasteiger partial charge in [-0.2, -0.15) is 5.26 Å². The largest absolute Gasteiger partial charge is 0.374 e. The number of rotatable bonds is 3. The van der Waals surface area contributed by atoms with E-state index in [2.05, 4.69) is 4.98 Å². The van der Waals surface area contributed by atoms with Crippen LogP contribution in [0.5, 0.6) is 0 Å². The van der Waals surface area contributed by atoms with E-state index in [0.29, 0.717) is 18.4 Å². The second kappa shape index (κ2) is 6.36. The molecule has 1 saturated carbocycles. The Hall–Kier alpha value is -1.40. The highest BCUT2D eigenvalue weighted by atomic mass is 16.5. The topological polar surface area (TPSA) is 45.9 Å². The molecule has 0 amide bonds. The van der Waals surface area contributed by atoms with Gasteiger partial charge in [0.05, 0.1) is 12.7 Å². The molecule has 1 aliphatic carbocycles. The first-order valence-corrected chi connectivity index (χ1v) is 6.35. The van der Waals surface area contributed by atoms with Gasteiger partial charge < -0.3 is 4.74 Å². The fraction of sp³-hybridized carbons (Fsp3) is 0.571. The molecule has 1 aromatic rings. The van der Waals surface area contributed by atoms with Crippen molar-refractivity contribution < 1.29 is 4.74 Å². The summed E-state index contributed by atoms with van der Waals surface area (Å²) >= 11 is 0. The average Bonchev–Trinajstić information content (AvgIpc) is 2.65. The third kappa shape index (κ3) is 3.83. The van der Waals surface area contributed by atoms with Crippen LogP contribution in [0.15, 0.2) is 18.3 Å². The highest BCUT2D eigenvalue weighted by Crippen LogP contribution is 2.20. The van der Waals surface area contributed by atoms with Gasteiger partial charge in [0.15, 0.2) is 0 Å². The first-order chi connectivity index (χ1) is 8.38. The molecule has 0 radical (unpaired) electrons. The first-order valence-electron chi connectivity index (χ1n) is 6.35. The molecule has 1 fully saturated rings. The molecule has 1 aromatic heterocycles. The van der Waals surface area contributed by atoms with E-state index in [9.17, 15) is 0 Å². The molecule has 2 rings (SSSR count). The Labute approximate surface area is 102 Å². The van der Waals surface area contributed by atoms with Crippen molar-refractivity contribution in [3.05, 3.63) is 29.6 Å². The molecule has 17 heavy (non-hydrogen) atoms. The van der Waals surface area contributed by atoms with Gasteiger partial charge in [0.25, 0.3) is 0 Å². The van der Waals surface area contributed by atoms with Crippen molar-refractivity contribution in [2.75, 3.05) is 0 Å². The van der Waals surface area contributed by atoms with Crippen LogP contribution in [0.25, 0.3) is 0 Å². The number of pyridine rings is 1. The van der Waals surface area contributed by atoms with Crippen LogP contribution in [0.1, 0.15) is 49.8 Å². The number of ether oxygens (including phenoxy) is 1. The Morgan fingerprint density at radius 1 is 1.29 bits per heavy atom. The Kier molecular flexibility index (Phi) is 4.52. The van der Waals surface area contributed by atoms with E-state index < -0.39 is 0 Å². The number of nitriles is 1. The van der Waals surface area contributed by atoms with Crippen LogP contribution in [0.4, 0.5) is 0 Å². The van der Waals surface area contributed by atoms with E-state index in [1.807, 2.05) is 12.1 Å². The fourth-order valence-electron chi connectivity index (χ4n) is 2.25. The zero-order valence-electron chi connectivity index (χ0n) is 10.1. The summed E-state index contributed by atoms with van der Waals surface area (Å²) in [5.41, 5.74) is 1.51. The molecular formula is C14H18N2O. The predicted molar refractivity (Wildman–Crippen MR) is 65.2 cm³/mol. The van der Waals surface area contributed by atoms with Crippen LogP contribution >= 0.6 is 0 Å². The second-order valence-electron chi connectivity index (χ2n) is 4.59. The van der Waals surface area contributed by atoms with Crippen molar-refractivity contribution in [1.82, 2.24) is 4.98 Å². The Bertz CT molecular complexity index is 389. The standard InChI is InChI=1S/C14H18N2O/c15-10-13-9-12(7-8-16-13)11-17-14-5-3-1-2-4-6-14/h7-9,14H,1-6,11H2. The minimum absolute atomic E-state index is 0.399. The number of hydrogen-bond acceptors (Lipinski definition) is 3. The van der Waals surface area contributed by atoms with Gasteiger partial charge in [0, 0.05) is 6.20 Å². The van der Waals surface area contributed by atoms with Gasteiger partial charge in [-0.05, 0) is 30.5 Å². The van der Waals surface area contributed by atoms with E-state index >= 15 is 0 Å². The average molecular weight is 230 g/mol. The molecule has 1 heterocycles. The van der Waals surface area contributed by atoms with Gasteiger partial charge in [-0.25, -0.2) is 4.98 Å². The van der Waals surface area contributed by atoms with Crippen molar-refractivity contribution in [2.45, 2.75) is 51.2 Å². The molecule has 90 valence electrons. The van der Waals surface area contributed by atoms with E-state index in [1.54, 1.807) is 12.3 Å². The Balaban J connectivity index is 1.86. The number of aromatic nitrogens is 1. The quantitative estimate of drug-likeness (QED) is 0.749. The van der Waals surface area contributed by atoms with Crippen LogP contribution in [-0.2, 0) is 11.3 Å². The van der Waals surface area contributed by atoms with Crippen molar-refractivity contribution in [1.29, 1.82) is 5.26 Å². The van der Waals surface area contributed by atoms with E-state index in [0.717, 1.165) is 5.56 Å². The van der Waals surface area contributed by atoms with Gasteiger partial charge in [0.1, 0.15) is 11.8 Å². The van der Waals surface area contributed by atoms with Crippen molar-refractivity contribution in [3.63, 3.8) is 0 Å². The maximum absolute atomic E-state index is 8.76. The monoisotopic (exact) mass is 230 g/mol. The third-order valence-corrected chi connectivity index (χ3v) is 3.23. The van der Waals surface area contributed by atoms with Crippen molar-refractivity contribution in [3.8, 4) is 6.07 Å². The lowest BCUT2D eigenvalue weighted by molar-refractivity contribution is 0.0309. The lowest BCUT2D eigenvalue weighted by Gasteiger charge is -2.15. The second-order valence-corrected chi connectivity index (χ2v) is 4.59. The molecule has 0 atom stereocenters. The van der Waals surface area contributed by atoms with E-state index in [4.69, 9.17) is 10.00 Å². The zero-order valence-corrected chi connectivity index (χ0v) is 10.1. The Morgan fingerprint density at radius 2 is 2.06 bits per heavy atom. The van der Waals surface area contributed by atoms with Gasteiger partial charge in [-0.15, -0.1) is 0 Å². The molecule has 0 aliphatic heterocycles. The van der Waals surface area contributed by atoms with Crippen LogP contribution in [0.3, 0.4) is 0 Å². The highest BCUT2D eigenvalue weighted by molar-refractivity contribution is 5.24. The molecule has 0 unspecified atom stereocenters. The van der Waals surface area contributed by atoms with Gasteiger partial charge in [0.2, 0.25) is 0 Å². The molecule has 3 heteroatoms. The SMILES string of the molecule is N#Cc1cc(COC2CCCCCC2)ccn1. The summed E-state index contributed by atoms with van der Waals surface area (Å²) in [6.45, 7) is 0.599. The molecule has 1 aliphatic rings. The maximum atomic E-state index is 8.76. The number of nitrogens with zero attached hydrogens (tertiary/aromatic N) is 2. The highest BCUT2D eigenvalue weighted by Gasteiger charge is 2.12. The number of hydrogen-bond donors (Lipinski definition) is 0. The van der Waals surface area contributed by atoms with Crippen molar-refractivity contribution in [2.24, 2.45) is 0 Å². The molecule has 0 saturated heterocycles. The minimum Gasteiger partial charge on any atom is -0.374 e. The molecule has 0 bridgehead atoms. The summed E-state index contributed by atoms with van der Waals surface area (Å²) < 4.78 is 5.91. The maximum Gasteiger partial charge on any atom is 0.140 e. The smallest absolute Gasteiger partial charge is 0.140 e. The molecule has 3 nitrogen and oxygen atoms in total. The van der Waals surface area contributed by atoms with Crippen LogP contribution in [0, 0.1) is 11.3 Å². The lowest BCUT2D eigenvalue weighted by Crippen LogP contribution is -2.11. The van der Waals surface area contributed by atoms with E-state index in [-0.39, 0.29) is 0 Å². The Morgan fingerprint density at radius 3 is 2.76 bits per heavy atom. The summed E-state index contributed by atoms with van der Waals surface area (Å²) in [6.07, 6.45) is 9.67. The third-order valence-electron chi connectivity index (χ3n) is 3.23. The van der Waals surface area contributed by atoms with Crippen LogP contribution < -0.4 is 0 Å². The van der Waals surface area contributed by atoms with Crippen LogP contribution in [0.2, 0.25) is 0 Å². The lowest BCUT2D eigenvalue weighted by atomic mass is 10.1. The predicted octanol–water partition coefficient (Wildman–Crippen LogP) is 3.19. The molecule has 0 spiro atoms. The van der Waals surface area contributed by atoms with Crippen LogP contribution in [-0.4, -0.2) is 11.1 Å². The van der Waals surface area contributed by atoms with Gasteiger partial charge in [-0.1, -0.05) is 25.7 Å². The first kappa shape index (κ1) is 12.1. The molecule has 0 aromatic carbocycles. The zero-order chi connectivity index (χ0) is 11.9. The molecule has 0 N–H and O–H groups in total. The van der Waals surface area contributed by atoms with Crippen molar-refractivity contribution >= 4 is 0 Å². The fourth-order valence-corrected chi connectivity index (χ4v) is 2.25.